The van der Waals surface area contributed by atoms with Gasteiger partial charge < -0.3 is 19.7 Å². The lowest BCUT2D eigenvalue weighted by atomic mass is 10.1. The summed E-state index contributed by atoms with van der Waals surface area (Å²) >= 11 is 5.71. The second kappa shape index (κ2) is 7.77. The molecule has 126 valence electrons. The van der Waals surface area contributed by atoms with Crippen LogP contribution in [0.2, 0.25) is 0 Å². The highest BCUT2D eigenvalue weighted by atomic mass is 35.5. The van der Waals surface area contributed by atoms with Gasteiger partial charge in [0.1, 0.15) is 5.88 Å². The lowest BCUT2D eigenvalue weighted by molar-refractivity contribution is -0.166. The molecular formula is C16H21ClN2O4. The zero-order valence-corrected chi connectivity index (χ0v) is 14.1. The van der Waals surface area contributed by atoms with Crippen LogP contribution in [0.15, 0.2) is 24.3 Å². The maximum Gasteiger partial charge on any atom is 0.251 e. The molecule has 2 amide bonds. The maximum absolute atomic E-state index is 12.1. The molecule has 2 rings (SSSR count). The quantitative estimate of drug-likeness (QED) is 0.794. The minimum atomic E-state index is -0.819. The summed E-state index contributed by atoms with van der Waals surface area (Å²) < 4.78 is 11.1. The normalized spacial score (nSPS) is 16.1. The Bertz CT molecular complexity index is 573. The van der Waals surface area contributed by atoms with Crippen LogP contribution < -0.4 is 5.32 Å². The van der Waals surface area contributed by atoms with Crippen LogP contribution in [0.25, 0.3) is 0 Å². The molecule has 7 heteroatoms. The summed E-state index contributed by atoms with van der Waals surface area (Å²) in [7, 11) is 1.58. The average Bonchev–Trinajstić information content (AvgIpc) is 2.99. The second-order valence-electron chi connectivity index (χ2n) is 5.49. The molecule has 1 aliphatic heterocycles. The number of hydrogen-bond acceptors (Lipinski definition) is 4. The summed E-state index contributed by atoms with van der Waals surface area (Å²) in [4.78, 5) is 25.4. The molecule has 1 aliphatic rings. The van der Waals surface area contributed by atoms with E-state index in [1.54, 1.807) is 37.1 Å². The lowest BCUT2D eigenvalue weighted by Gasteiger charge is -2.31. The van der Waals surface area contributed by atoms with E-state index >= 15 is 0 Å². The fourth-order valence-corrected chi connectivity index (χ4v) is 2.66. The highest BCUT2D eigenvalue weighted by Crippen LogP contribution is 2.21. The molecular weight excluding hydrogens is 320 g/mol. The Balaban J connectivity index is 2.14. The van der Waals surface area contributed by atoms with E-state index in [2.05, 4.69) is 5.32 Å². The highest BCUT2D eigenvalue weighted by molar-refractivity contribution is 6.27. The van der Waals surface area contributed by atoms with Gasteiger partial charge >= 0.3 is 0 Å². The van der Waals surface area contributed by atoms with Gasteiger partial charge in [-0.1, -0.05) is 12.1 Å². The Morgan fingerprint density at radius 1 is 1.35 bits per heavy atom. The van der Waals surface area contributed by atoms with Gasteiger partial charge in [-0.15, -0.1) is 11.6 Å². The zero-order valence-electron chi connectivity index (χ0n) is 13.3. The van der Waals surface area contributed by atoms with Gasteiger partial charge in [-0.05, 0) is 24.6 Å². The first kappa shape index (κ1) is 17.7. The van der Waals surface area contributed by atoms with Crippen LogP contribution in [0.1, 0.15) is 22.8 Å². The van der Waals surface area contributed by atoms with Crippen molar-refractivity contribution in [3.8, 4) is 0 Å². The average molecular weight is 341 g/mol. The maximum atomic E-state index is 12.1. The molecule has 0 spiro atoms. The van der Waals surface area contributed by atoms with Crippen LogP contribution in [0.4, 0.5) is 0 Å². The lowest BCUT2D eigenvalue weighted by Crippen LogP contribution is -2.44. The first-order valence-corrected chi connectivity index (χ1v) is 7.93. The predicted octanol–water partition coefficient (Wildman–Crippen LogP) is 1.38. The Hall–Kier alpha value is -1.63. The largest absolute Gasteiger partial charge is 0.355 e. The fourth-order valence-electron chi connectivity index (χ4n) is 2.49. The Kier molecular flexibility index (Phi) is 5.98. The monoisotopic (exact) mass is 340 g/mol. The highest BCUT2D eigenvalue weighted by Gasteiger charge is 2.34. The van der Waals surface area contributed by atoms with Crippen LogP contribution >= 0.6 is 11.6 Å². The number of carbonyl (C=O) groups excluding carboxylic acids is 2. The molecule has 0 unspecified atom stereocenters. The van der Waals surface area contributed by atoms with E-state index in [0.29, 0.717) is 25.3 Å². The van der Waals surface area contributed by atoms with Crippen molar-refractivity contribution in [1.82, 2.24) is 10.2 Å². The molecule has 0 radical (unpaired) electrons. The van der Waals surface area contributed by atoms with Crippen molar-refractivity contribution < 1.29 is 19.1 Å². The van der Waals surface area contributed by atoms with E-state index in [0.717, 1.165) is 5.56 Å². The standard InChI is InChI=1S/C16H21ClN2O4/c1-16(22-6-7-23-16)11-19(14(20)9-17)10-12-4-3-5-13(8-12)15(21)18-2/h3-5,8H,6-7,9-11H2,1-2H3,(H,18,21). The first-order chi connectivity index (χ1) is 11.0. The third kappa shape index (κ3) is 4.67. The van der Waals surface area contributed by atoms with E-state index in [1.165, 1.54) is 0 Å². The molecule has 1 saturated heterocycles. The van der Waals surface area contributed by atoms with Gasteiger partial charge in [0.2, 0.25) is 5.91 Å². The van der Waals surface area contributed by atoms with Crippen LogP contribution in [0.3, 0.4) is 0 Å². The van der Waals surface area contributed by atoms with Crippen LogP contribution in [-0.4, -0.2) is 55.2 Å². The molecule has 1 fully saturated rings. The van der Waals surface area contributed by atoms with Crippen molar-refractivity contribution in [3.63, 3.8) is 0 Å². The van der Waals surface area contributed by atoms with E-state index < -0.39 is 5.79 Å². The minimum Gasteiger partial charge on any atom is -0.355 e. The van der Waals surface area contributed by atoms with E-state index in [-0.39, 0.29) is 24.2 Å². The zero-order chi connectivity index (χ0) is 16.9. The van der Waals surface area contributed by atoms with Gasteiger partial charge in [-0.25, -0.2) is 0 Å². The Labute approximate surface area is 140 Å². The SMILES string of the molecule is CNC(=O)c1cccc(CN(CC2(C)OCCO2)C(=O)CCl)c1. The van der Waals surface area contributed by atoms with Crippen molar-refractivity contribution >= 4 is 23.4 Å². The van der Waals surface area contributed by atoms with E-state index in [4.69, 9.17) is 21.1 Å². The van der Waals surface area contributed by atoms with Gasteiger partial charge in [0.05, 0.1) is 19.8 Å². The van der Waals surface area contributed by atoms with Gasteiger partial charge in [0.15, 0.2) is 5.79 Å². The fraction of sp³-hybridized carbons (Fsp3) is 0.500. The van der Waals surface area contributed by atoms with Crippen LogP contribution in [-0.2, 0) is 20.8 Å². The number of nitrogens with zero attached hydrogens (tertiary/aromatic N) is 1. The molecule has 0 bridgehead atoms. The molecule has 23 heavy (non-hydrogen) atoms. The molecule has 1 aromatic rings. The van der Waals surface area contributed by atoms with E-state index in [1.807, 2.05) is 6.07 Å². The third-order valence-electron chi connectivity index (χ3n) is 3.63. The van der Waals surface area contributed by atoms with Gasteiger partial charge in [-0.3, -0.25) is 9.59 Å². The number of hydrogen-bond donors (Lipinski definition) is 1. The van der Waals surface area contributed by atoms with Gasteiger partial charge in [0.25, 0.3) is 5.91 Å². The van der Waals surface area contributed by atoms with Crippen molar-refractivity contribution in [2.45, 2.75) is 19.3 Å². The summed E-state index contributed by atoms with van der Waals surface area (Å²) in [6.45, 7) is 3.42. The Morgan fingerprint density at radius 3 is 2.65 bits per heavy atom. The smallest absolute Gasteiger partial charge is 0.251 e. The molecule has 1 N–H and O–H groups in total. The molecule has 1 aromatic carbocycles. The predicted molar refractivity (Wildman–Crippen MR) is 86.3 cm³/mol. The molecule has 0 atom stereocenters. The van der Waals surface area contributed by atoms with E-state index in [9.17, 15) is 9.59 Å². The number of ether oxygens (including phenoxy) is 2. The number of rotatable bonds is 6. The third-order valence-corrected chi connectivity index (χ3v) is 3.86. The van der Waals surface area contributed by atoms with Gasteiger partial charge in [-0.2, -0.15) is 0 Å². The molecule has 0 aromatic heterocycles. The van der Waals surface area contributed by atoms with Crippen molar-refractivity contribution in [2.75, 3.05) is 32.7 Å². The number of nitrogens with one attached hydrogen (secondary N) is 1. The Morgan fingerprint density at radius 2 is 2.04 bits per heavy atom. The minimum absolute atomic E-state index is 0.120. The summed E-state index contributed by atoms with van der Waals surface area (Å²) in [5, 5.41) is 2.58. The first-order valence-electron chi connectivity index (χ1n) is 7.40. The van der Waals surface area contributed by atoms with Crippen LogP contribution in [0, 0.1) is 0 Å². The number of halogens is 1. The summed E-state index contributed by atoms with van der Waals surface area (Å²) in [5.41, 5.74) is 1.38. The molecule has 0 saturated carbocycles. The molecule has 6 nitrogen and oxygen atoms in total. The van der Waals surface area contributed by atoms with Gasteiger partial charge in [0, 0.05) is 19.2 Å². The second-order valence-corrected chi connectivity index (χ2v) is 5.76. The number of carbonyl (C=O) groups is 2. The van der Waals surface area contributed by atoms with Crippen LogP contribution in [0.5, 0.6) is 0 Å². The topological polar surface area (TPSA) is 67.9 Å². The number of amides is 2. The molecule has 1 heterocycles. The van der Waals surface area contributed by atoms with Crippen molar-refractivity contribution in [3.05, 3.63) is 35.4 Å². The number of alkyl halides is 1. The van der Waals surface area contributed by atoms with Crippen molar-refractivity contribution in [1.29, 1.82) is 0 Å². The molecule has 0 aliphatic carbocycles. The number of benzene rings is 1. The summed E-state index contributed by atoms with van der Waals surface area (Å²) in [6, 6.07) is 7.12. The summed E-state index contributed by atoms with van der Waals surface area (Å²) in [5.74, 6) is -1.32. The summed E-state index contributed by atoms with van der Waals surface area (Å²) in [6.07, 6.45) is 0. The van der Waals surface area contributed by atoms with Crippen molar-refractivity contribution in [2.24, 2.45) is 0 Å².